The highest BCUT2D eigenvalue weighted by molar-refractivity contribution is 7.93. The standard InChI is InChI=1S/C32H42N4O10S2/c1-6-14-32(27(33)23-10-8-7-9-11-23,28(38)34(5)47(40,41)20-19-37)29(35-15-17-36(18-16-35)30(39)46-31(2,3)4)48(42,43)24-12-13-25-26(21-24)45-22-44-25/h7-13,20-21,27,29H,6,14-18,22,33H2,1-5H3/t27-,29?,32-/m0/s1. The van der Waals surface area contributed by atoms with Crippen molar-refractivity contribution in [2.75, 3.05) is 40.0 Å². The van der Waals surface area contributed by atoms with E-state index in [1.165, 1.54) is 29.0 Å². The van der Waals surface area contributed by atoms with Gasteiger partial charge in [-0.15, -0.1) is 0 Å². The first-order valence-electron chi connectivity index (χ1n) is 15.4. The summed E-state index contributed by atoms with van der Waals surface area (Å²) in [4.78, 5) is 41.8. The van der Waals surface area contributed by atoms with Crippen molar-refractivity contribution < 1.29 is 45.4 Å². The molecule has 0 spiro atoms. The predicted molar refractivity (Wildman–Crippen MR) is 176 cm³/mol. The minimum absolute atomic E-state index is 0.0291. The minimum atomic E-state index is -4.69. The number of benzene rings is 2. The highest BCUT2D eigenvalue weighted by Gasteiger charge is 2.60. The van der Waals surface area contributed by atoms with Gasteiger partial charge in [0.1, 0.15) is 22.3 Å². The van der Waals surface area contributed by atoms with Gasteiger partial charge in [-0.05, 0) is 44.9 Å². The summed E-state index contributed by atoms with van der Waals surface area (Å²) in [6.07, 6.45) is -0.539. The number of carbonyl (C=O) groups is 2. The van der Waals surface area contributed by atoms with Crippen LogP contribution < -0.4 is 15.2 Å². The van der Waals surface area contributed by atoms with Gasteiger partial charge in [-0.2, -0.15) is 0 Å². The third kappa shape index (κ3) is 7.37. The lowest BCUT2D eigenvalue weighted by atomic mass is 9.72. The van der Waals surface area contributed by atoms with Gasteiger partial charge < -0.3 is 24.8 Å². The quantitative estimate of drug-likeness (QED) is 0.338. The Morgan fingerprint density at radius 2 is 1.65 bits per heavy atom. The van der Waals surface area contributed by atoms with Crippen LogP contribution in [-0.2, 0) is 34.2 Å². The molecule has 0 aliphatic carbocycles. The molecule has 2 amide bonds. The number of nitrogens with zero attached hydrogens (tertiary/aromatic N) is 3. The Kier molecular flexibility index (Phi) is 11.0. The van der Waals surface area contributed by atoms with Crippen molar-refractivity contribution in [2.45, 2.75) is 62.4 Å². The second kappa shape index (κ2) is 14.3. The van der Waals surface area contributed by atoms with Gasteiger partial charge in [-0.3, -0.25) is 9.69 Å². The maximum absolute atomic E-state index is 15.1. The van der Waals surface area contributed by atoms with Gasteiger partial charge in [0.15, 0.2) is 21.3 Å². The molecule has 0 radical (unpaired) electrons. The Labute approximate surface area is 281 Å². The molecule has 1 fully saturated rings. The molecule has 0 bridgehead atoms. The van der Waals surface area contributed by atoms with Crippen LogP contribution in [0.3, 0.4) is 0 Å². The average Bonchev–Trinajstić information content (AvgIpc) is 3.51. The topological polar surface area (TPSA) is 183 Å². The van der Waals surface area contributed by atoms with E-state index in [1.807, 2.05) is 0 Å². The monoisotopic (exact) mass is 706 g/mol. The zero-order chi connectivity index (χ0) is 35.5. The summed E-state index contributed by atoms with van der Waals surface area (Å²) in [5.41, 5.74) is 4.45. The molecule has 2 aliphatic rings. The summed E-state index contributed by atoms with van der Waals surface area (Å²) in [6, 6.07) is 11.0. The number of sulfonamides is 1. The van der Waals surface area contributed by atoms with Crippen molar-refractivity contribution in [1.29, 1.82) is 0 Å². The Hall–Kier alpha value is -3.95. The second-order valence-electron chi connectivity index (χ2n) is 12.6. The highest BCUT2D eigenvalue weighted by Crippen LogP contribution is 2.48. The van der Waals surface area contributed by atoms with E-state index in [-0.39, 0.29) is 61.9 Å². The first-order chi connectivity index (χ1) is 22.5. The van der Waals surface area contributed by atoms with Crippen LogP contribution in [0.15, 0.2) is 58.8 Å². The fourth-order valence-electron chi connectivity index (χ4n) is 6.15. The smallest absolute Gasteiger partial charge is 0.410 e. The number of sulfone groups is 1. The Balaban J connectivity index is 1.97. The molecule has 2 aliphatic heterocycles. The largest absolute Gasteiger partial charge is 0.454 e. The van der Waals surface area contributed by atoms with E-state index in [0.29, 0.717) is 15.6 Å². The zero-order valence-corrected chi connectivity index (χ0v) is 29.3. The summed E-state index contributed by atoms with van der Waals surface area (Å²) in [5.74, 6) is 0.586. The molecule has 2 aromatic rings. The van der Waals surface area contributed by atoms with Gasteiger partial charge in [0.2, 0.25) is 12.7 Å². The number of nitrogens with two attached hydrogens (primary N) is 1. The van der Waals surface area contributed by atoms with E-state index in [9.17, 15) is 22.8 Å². The second-order valence-corrected chi connectivity index (χ2v) is 16.5. The maximum atomic E-state index is 15.1. The van der Waals surface area contributed by atoms with E-state index in [2.05, 4.69) is 0 Å². The number of fused-ring (bicyclic) bond motifs is 1. The molecule has 2 aromatic carbocycles. The molecule has 14 nitrogen and oxygen atoms in total. The van der Waals surface area contributed by atoms with Crippen molar-refractivity contribution in [1.82, 2.24) is 14.1 Å². The van der Waals surface area contributed by atoms with Gasteiger partial charge in [-0.25, -0.2) is 30.7 Å². The van der Waals surface area contributed by atoms with Crippen LogP contribution in [0, 0.1) is 5.41 Å². The molecule has 2 N–H and O–H groups in total. The number of rotatable bonds is 11. The van der Waals surface area contributed by atoms with E-state index >= 15 is 8.42 Å². The fraction of sp³-hybridized carbons (Fsp3) is 0.500. The first kappa shape index (κ1) is 36.9. The van der Waals surface area contributed by atoms with Crippen LogP contribution in [-0.4, -0.2) is 99.9 Å². The molecule has 1 saturated heterocycles. The average molecular weight is 707 g/mol. The van der Waals surface area contributed by atoms with E-state index in [0.717, 1.165) is 7.05 Å². The Morgan fingerprint density at radius 1 is 1.02 bits per heavy atom. The number of amides is 2. The minimum Gasteiger partial charge on any atom is -0.454 e. The fourth-order valence-corrected chi connectivity index (χ4v) is 9.14. The summed E-state index contributed by atoms with van der Waals surface area (Å²) < 4.78 is 73.3. The molecule has 48 heavy (non-hydrogen) atoms. The van der Waals surface area contributed by atoms with Crippen LogP contribution in [0.1, 0.15) is 52.1 Å². The van der Waals surface area contributed by atoms with Gasteiger partial charge >= 0.3 is 6.09 Å². The predicted octanol–water partition coefficient (Wildman–Crippen LogP) is 2.69. The number of piperazine rings is 1. The lowest BCUT2D eigenvalue weighted by Gasteiger charge is -2.50. The number of ether oxygens (including phenoxy) is 3. The van der Waals surface area contributed by atoms with Gasteiger partial charge in [-0.1, -0.05) is 43.7 Å². The Morgan fingerprint density at radius 3 is 2.23 bits per heavy atom. The third-order valence-corrected chi connectivity index (χ3v) is 11.9. The van der Waals surface area contributed by atoms with Crippen LogP contribution >= 0.6 is 0 Å². The van der Waals surface area contributed by atoms with Crippen LogP contribution in [0.2, 0.25) is 0 Å². The molecule has 3 atom stereocenters. The van der Waals surface area contributed by atoms with Gasteiger partial charge in [0.25, 0.3) is 10.0 Å². The zero-order valence-electron chi connectivity index (χ0n) is 27.6. The van der Waals surface area contributed by atoms with Crippen molar-refractivity contribution in [3.63, 3.8) is 0 Å². The summed E-state index contributed by atoms with van der Waals surface area (Å²) in [6.45, 7) is 6.84. The number of carbonyl (C=O) groups excluding carboxylic acids is 3. The molecule has 4 rings (SSSR count). The third-order valence-electron chi connectivity index (χ3n) is 8.35. The summed E-state index contributed by atoms with van der Waals surface area (Å²) in [5, 5.41) is -1.55. The molecule has 1 unspecified atom stereocenters. The highest BCUT2D eigenvalue weighted by atomic mass is 32.2. The molecular weight excluding hydrogens is 665 g/mol. The van der Waals surface area contributed by atoms with E-state index < -0.39 is 54.3 Å². The summed E-state index contributed by atoms with van der Waals surface area (Å²) in [7, 11) is -8.34. The normalized spacial score (nSPS) is 17.8. The number of hydrogen-bond donors (Lipinski definition) is 1. The molecule has 0 saturated carbocycles. The lowest BCUT2D eigenvalue weighted by Crippen LogP contribution is -2.66. The molecule has 16 heteroatoms. The van der Waals surface area contributed by atoms with Crippen molar-refractivity contribution in [3.05, 3.63) is 59.5 Å². The SMILES string of the molecule is CCC[C@](C(=O)N(C)S(=O)(=O)C=C=O)(C(N1CCN(C(=O)OC(C)(C)C)CC1)S(=O)(=O)c1ccc2c(c1)OCO2)[C@@H](N)c1ccccc1. The molecular formula is C32H42N4O10S2. The van der Waals surface area contributed by atoms with Crippen LogP contribution in [0.5, 0.6) is 11.5 Å². The Bertz CT molecular complexity index is 1770. The van der Waals surface area contributed by atoms with Crippen LogP contribution in [0.4, 0.5) is 4.79 Å². The van der Waals surface area contributed by atoms with E-state index in [4.69, 9.17) is 19.9 Å². The summed E-state index contributed by atoms with van der Waals surface area (Å²) >= 11 is 0. The van der Waals surface area contributed by atoms with Gasteiger partial charge in [0.05, 0.1) is 10.3 Å². The maximum Gasteiger partial charge on any atom is 0.410 e. The van der Waals surface area contributed by atoms with Crippen molar-refractivity contribution in [2.24, 2.45) is 11.1 Å². The van der Waals surface area contributed by atoms with Crippen LogP contribution in [0.25, 0.3) is 0 Å². The molecule has 0 aromatic heterocycles. The van der Waals surface area contributed by atoms with Crippen molar-refractivity contribution in [3.8, 4) is 11.5 Å². The molecule has 2 heterocycles. The van der Waals surface area contributed by atoms with E-state index in [1.54, 1.807) is 62.9 Å². The lowest BCUT2D eigenvalue weighted by molar-refractivity contribution is -0.141. The first-order valence-corrected chi connectivity index (χ1v) is 18.4. The number of hydrogen-bond acceptors (Lipinski definition) is 12. The molecule has 262 valence electrons. The van der Waals surface area contributed by atoms with Crippen molar-refractivity contribution >= 4 is 37.8 Å². The van der Waals surface area contributed by atoms with Gasteiger partial charge in [0, 0.05) is 45.3 Å².